The minimum atomic E-state index is -0.256. The molecule has 0 aliphatic heterocycles. The number of rotatable bonds is 2. The fraction of sp³-hybridized carbons (Fsp3) is 0. The Kier molecular flexibility index (Phi) is 3.02. The topological polar surface area (TPSA) is 41.6 Å². The Morgan fingerprint density at radius 3 is 2.30 bits per heavy atom. The number of nitriles is 1. The van der Waals surface area contributed by atoms with Crippen LogP contribution in [0.1, 0.15) is 5.56 Å². The Bertz CT molecular complexity index is 765. The van der Waals surface area contributed by atoms with E-state index in [0.29, 0.717) is 5.56 Å². The predicted octanol–water partition coefficient (Wildman–Crippen LogP) is 3.55. The van der Waals surface area contributed by atoms with Crippen molar-refractivity contribution in [3.63, 3.8) is 0 Å². The van der Waals surface area contributed by atoms with Crippen LogP contribution in [-0.2, 0) is 0 Å². The molecule has 0 N–H and O–H groups in total. The van der Waals surface area contributed by atoms with E-state index in [1.165, 1.54) is 12.1 Å². The molecule has 0 bridgehead atoms. The van der Waals surface area contributed by atoms with Crippen LogP contribution in [0.5, 0.6) is 0 Å². The smallest absolute Gasteiger partial charge is 0.123 e. The average molecular weight is 263 g/mol. The standard InChI is InChI=1S/C16H10FN3/c17-15-5-3-13(4-6-15)14-10-19-20(11-14)16-7-1-12(9-18)2-8-16/h1-8,10-11H. The van der Waals surface area contributed by atoms with Crippen molar-refractivity contribution in [3.05, 3.63) is 72.3 Å². The van der Waals surface area contributed by atoms with Crippen molar-refractivity contribution in [3.8, 4) is 22.9 Å². The highest BCUT2D eigenvalue weighted by molar-refractivity contribution is 5.62. The molecule has 1 heterocycles. The summed E-state index contributed by atoms with van der Waals surface area (Å²) >= 11 is 0. The van der Waals surface area contributed by atoms with E-state index in [2.05, 4.69) is 11.2 Å². The second-order valence-corrected chi connectivity index (χ2v) is 4.34. The Morgan fingerprint density at radius 1 is 0.950 bits per heavy atom. The number of nitrogens with zero attached hydrogens (tertiary/aromatic N) is 3. The third kappa shape index (κ3) is 2.29. The number of aromatic nitrogens is 2. The molecule has 0 fully saturated rings. The van der Waals surface area contributed by atoms with Crippen LogP contribution in [0.4, 0.5) is 4.39 Å². The van der Waals surface area contributed by atoms with Gasteiger partial charge in [0.1, 0.15) is 5.82 Å². The van der Waals surface area contributed by atoms with E-state index in [-0.39, 0.29) is 5.82 Å². The molecule has 4 heteroatoms. The number of benzene rings is 2. The monoisotopic (exact) mass is 263 g/mol. The summed E-state index contributed by atoms with van der Waals surface area (Å²) in [5.74, 6) is -0.256. The van der Waals surface area contributed by atoms with Gasteiger partial charge < -0.3 is 0 Å². The van der Waals surface area contributed by atoms with Crippen molar-refractivity contribution in [1.29, 1.82) is 5.26 Å². The summed E-state index contributed by atoms with van der Waals surface area (Å²) in [4.78, 5) is 0. The SMILES string of the molecule is N#Cc1ccc(-n2cc(-c3ccc(F)cc3)cn2)cc1. The molecule has 96 valence electrons. The molecule has 3 nitrogen and oxygen atoms in total. The first-order chi connectivity index (χ1) is 9.76. The van der Waals surface area contributed by atoms with Crippen LogP contribution in [0.15, 0.2) is 60.9 Å². The van der Waals surface area contributed by atoms with Gasteiger partial charge in [0.2, 0.25) is 0 Å². The minimum Gasteiger partial charge on any atom is -0.240 e. The summed E-state index contributed by atoms with van der Waals surface area (Å²) in [5.41, 5.74) is 3.30. The molecular weight excluding hydrogens is 253 g/mol. The largest absolute Gasteiger partial charge is 0.240 e. The Hall–Kier alpha value is -2.93. The predicted molar refractivity (Wildman–Crippen MR) is 73.7 cm³/mol. The van der Waals surface area contributed by atoms with Gasteiger partial charge in [-0.3, -0.25) is 0 Å². The fourth-order valence-corrected chi connectivity index (χ4v) is 1.94. The maximum atomic E-state index is 12.9. The maximum Gasteiger partial charge on any atom is 0.123 e. The minimum absolute atomic E-state index is 0.256. The first kappa shape index (κ1) is 12.1. The van der Waals surface area contributed by atoms with E-state index in [1.54, 1.807) is 35.1 Å². The zero-order chi connectivity index (χ0) is 13.9. The van der Waals surface area contributed by atoms with Crippen molar-refractivity contribution in [2.24, 2.45) is 0 Å². The van der Waals surface area contributed by atoms with E-state index < -0.39 is 0 Å². The molecule has 0 amide bonds. The van der Waals surface area contributed by atoms with Crippen LogP contribution in [0.25, 0.3) is 16.8 Å². The lowest BCUT2D eigenvalue weighted by Gasteiger charge is -2.00. The molecule has 0 aliphatic carbocycles. The lowest BCUT2D eigenvalue weighted by molar-refractivity contribution is 0.628. The average Bonchev–Trinajstić information content (AvgIpc) is 2.98. The molecule has 0 unspecified atom stereocenters. The van der Waals surface area contributed by atoms with Crippen molar-refractivity contribution in [1.82, 2.24) is 9.78 Å². The quantitative estimate of drug-likeness (QED) is 0.709. The molecule has 0 spiro atoms. The van der Waals surface area contributed by atoms with E-state index >= 15 is 0 Å². The van der Waals surface area contributed by atoms with Crippen molar-refractivity contribution < 1.29 is 4.39 Å². The summed E-state index contributed by atoms with van der Waals surface area (Å²) < 4.78 is 14.6. The molecule has 0 atom stereocenters. The lowest BCUT2D eigenvalue weighted by Crippen LogP contribution is -1.93. The summed E-state index contributed by atoms with van der Waals surface area (Å²) in [5, 5.41) is 13.1. The van der Waals surface area contributed by atoms with E-state index in [4.69, 9.17) is 5.26 Å². The van der Waals surface area contributed by atoms with Gasteiger partial charge in [0.05, 0.1) is 23.5 Å². The van der Waals surface area contributed by atoms with Gasteiger partial charge >= 0.3 is 0 Å². The highest BCUT2D eigenvalue weighted by atomic mass is 19.1. The van der Waals surface area contributed by atoms with Crippen LogP contribution < -0.4 is 0 Å². The van der Waals surface area contributed by atoms with Crippen molar-refractivity contribution in [2.75, 3.05) is 0 Å². The highest BCUT2D eigenvalue weighted by Gasteiger charge is 2.03. The molecule has 2 aromatic carbocycles. The van der Waals surface area contributed by atoms with Gasteiger partial charge in [0.15, 0.2) is 0 Å². The molecule has 3 aromatic rings. The Morgan fingerprint density at radius 2 is 1.65 bits per heavy atom. The molecule has 1 aromatic heterocycles. The van der Waals surface area contributed by atoms with Gasteiger partial charge in [-0.05, 0) is 42.0 Å². The third-order valence-corrected chi connectivity index (χ3v) is 3.02. The highest BCUT2D eigenvalue weighted by Crippen LogP contribution is 2.20. The zero-order valence-electron chi connectivity index (χ0n) is 10.5. The number of hydrogen-bond acceptors (Lipinski definition) is 2. The number of halogens is 1. The van der Waals surface area contributed by atoms with Gasteiger partial charge in [-0.2, -0.15) is 10.4 Å². The van der Waals surface area contributed by atoms with E-state index in [1.807, 2.05) is 18.3 Å². The van der Waals surface area contributed by atoms with E-state index in [9.17, 15) is 4.39 Å². The maximum absolute atomic E-state index is 12.9. The van der Waals surface area contributed by atoms with Crippen LogP contribution in [0.2, 0.25) is 0 Å². The molecule has 0 saturated carbocycles. The van der Waals surface area contributed by atoms with Crippen molar-refractivity contribution in [2.45, 2.75) is 0 Å². The van der Waals surface area contributed by atoms with Gasteiger partial charge in [-0.15, -0.1) is 0 Å². The molecular formula is C16H10FN3. The summed E-state index contributed by atoms with van der Waals surface area (Å²) in [6, 6.07) is 15.5. The van der Waals surface area contributed by atoms with Crippen LogP contribution in [0.3, 0.4) is 0 Å². The van der Waals surface area contributed by atoms with Gasteiger partial charge in [0.25, 0.3) is 0 Å². The first-order valence-corrected chi connectivity index (χ1v) is 6.07. The van der Waals surface area contributed by atoms with Gasteiger partial charge in [0, 0.05) is 11.8 Å². The van der Waals surface area contributed by atoms with E-state index in [0.717, 1.165) is 16.8 Å². The normalized spacial score (nSPS) is 10.2. The van der Waals surface area contributed by atoms with Crippen molar-refractivity contribution >= 4 is 0 Å². The molecule has 3 rings (SSSR count). The summed E-state index contributed by atoms with van der Waals surface area (Å²) in [6.45, 7) is 0. The molecule has 0 aliphatic rings. The van der Waals surface area contributed by atoms with Gasteiger partial charge in [-0.1, -0.05) is 12.1 Å². The third-order valence-electron chi connectivity index (χ3n) is 3.02. The summed E-state index contributed by atoms with van der Waals surface area (Å²) in [7, 11) is 0. The van der Waals surface area contributed by atoms with Crippen LogP contribution in [-0.4, -0.2) is 9.78 Å². The second-order valence-electron chi connectivity index (χ2n) is 4.34. The molecule has 0 saturated heterocycles. The summed E-state index contributed by atoms with van der Waals surface area (Å²) in [6.07, 6.45) is 3.60. The Labute approximate surface area is 115 Å². The Balaban J connectivity index is 1.93. The lowest BCUT2D eigenvalue weighted by atomic mass is 10.1. The van der Waals surface area contributed by atoms with Gasteiger partial charge in [-0.25, -0.2) is 9.07 Å². The zero-order valence-corrected chi connectivity index (χ0v) is 10.5. The first-order valence-electron chi connectivity index (χ1n) is 6.07. The fourth-order valence-electron chi connectivity index (χ4n) is 1.94. The second kappa shape index (κ2) is 4.98. The molecule has 0 radical (unpaired) electrons. The molecule has 20 heavy (non-hydrogen) atoms. The number of hydrogen-bond donors (Lipinski definition) is 0. The van der Waals surface area contributed by atoms with Crippen LogP contribution >= 0.6 is 0 Å². The van der Waals surface area contributed by atoms with Crippen LogP contribution in [0, 0.1) is 17.1 Å².